The summed E-state index contributed by atoms with van der Waals surface area (Å²) < 4.78 is 26.5. The van der Waals surface area contributed by atoms with Gasteiger partial charge < -0.3 is 10.4 Å². The van der Waals surface area contributed by atoms with Crippen LogP contribution in [0.5, 0.6) is 0 Å². The SMILES string of the molecule is C1CCCCC1.Cc1ccccc1S(=O)(=O)N(C(=O)O)c1ccccc1CNC(C)C.Cl. The number of nitrogens with zero attached hydrogens (tertiary/aromatic N) is 1. The molecule has 0 radical (unpaired) electrons. The van der Waals surface area contributed by atoms with Crippen LogP contribution in [-0.2, 0) is 16.6 Å². The Kier molecular flexibility index (Phi) is 11.8. The van der Waals surface area contributed by atoms with Crippen molar-refractivity contribution in [3.63, 3.8) is 0 Å². The number of nitrogens with one attached hydrogen (secondary N) is 1. The van der Waals surface area contributed by atoms with Gasteiger partial charge in [0.25, 0.3) is 10.0 Å². The van der Waals surface area contributed by atoms with E-state index in [1.54, 1.807) is 43.3 Å². The summed E-state index contributed by atoms with van der Waals surface area (Å²) in [6.07, 6.45) is 7.46. The quantitative estimate of drug-likeness (QED) is 0.517. The first-order valence-corrected chi connectivity index (χ1v) is 12.3. The zero-order chi connectivity index (χ0) is 22.9. The molecule has 0 aromatic heterocycles. The average molecular weight is 483 g/mol. The highest BCUT2D eigenvalue weighted by Gasteiger charge is 2.33. The van der Waals surface area contributed by atoms with E-state index >= 15 is 0 Å². The summed E-state index contributed by atoms with van der Waals surface area (Å²) in [5.41, 5.74) is 1.22. The third-order valence-corrected chi connectivity index (χ3v) is 7.04. The number of para-hydroxylation sites is 1. The molecule has 0 saturated heterocycles. The number of hydrogen-bond acceptors (Lipinski definition) is 4. The van der Waals surface area contributed by atoms with Crippen molar-refractivity contribution in [2.45, 2.75) is 76.8 Å². The largest absolute Gasteiger partial charge is 0.464 e. The second-order valence-corrected chi connectivity index (χ2v) is 9.86. The van der Waals surface area contributed by atoms with Crippen LogP contribution in [0.2, 0.25) is 0 Å². The normalized spacial score (nSPS) is 13.5. The number of sulfonamides is 1. The highest BCUT2D eigenvalue weighted by molar-refractivity contribution is 7.93. The molecule has 0 bridgehead atoms. The second kappa shape index (κ2) is 13.5. The molecule has 3 rings (SSSR count). The number of carbonyl (C=O) groups is 1. The van der Waals surface area contributed by atoms with E-state index in [2.05, 4.69) is 5.32 Å². The van der Waals surface area contributed by atoms with Crippen LogP contribution in [0, 0.1) is 6.92 Å². The second-order valence-electron chi connectivity index (χ2n) is 8.10. The molecule has 2 N–H and O–H groups in total. The molecule has 0 aliphatic heterocycles. The minimum absolute atomic E-state index is 0. The summed E-state index contributed by atoms with van der Waals surface area (Å²) in [4.78, 5) is 11.8. The topological polar surface area (TPSA) is 86.7 Å². The summed E-state index contributed by atoms with van der Waals surface area (Å²) in [5, 5.41) is 12.8. The number of carboxylic acid groups (broad SMARTS) is 1. The lowest BCUT2D eigenvalue weighted by Gasteiger charge is -2.23. The van der Waals surface area contributed by atoms with Gasteiger partial charge in [-0.15, -0.1) is 12.4 Å². The number of halogens is 1. The van der Waals surface area contributed by atoms with Crippen LogP contribution in [0.4, 0.5) is 10.5 Å². The number of anilines is 1. The van der Waals surface area contributed by atoms with Gasteiger partial charge in [-0.3, -0.25) is 0 Å². The van der Waals surface area contributed by atoms with Gasteiger partial charge in [0.15, 0.2) is 0 Å². The molecule has 32 heavy (non-hydrogen) atoms. The Labute approximate surface area is 198 Å². The maximum absolute atomic E-state index is 13.0. The van der Waals surface area contributed by atoms with Gasteiger partial charge >= 0.3 is 6.09 Å². The zero-order valence-electron chi connectivity index (χ0n) is 19.1. The number of amides is 1. The molecule has 1 fully saturated rings. The molecule has 6 nitrogen and oxygen atoms in total. The molecule has 1 aliphatic carbocycles. The average Bonchev–Trinajstić information content (AvgIpc) is 2.74. The fourth-order valence-corrected chi connectivity index (χ4v) is 5.08. The fourth-order valence-electron chi connectivity index (χ4n) is 3.51. The minimum atomic E-state index is -4.24. The molecular formula is C24H35ClN2O4S. The van der Waals surface area contributed by atoms with Gasteiger partial charge in [0, 0.05) is 12.6 Å². The first-order chi connectivity index (χ1) is 14.7. The summed E-state index contributed by atoms with van der Waals surface area (Å²) in [5.74, 6) is 0. The minimum Gasteiger partial charge on any atom is -0.464 e. The Morgan fingerprint density at radius 3 is 1.97 bits per heavy atom. The first-order valence-electron chi connectivity index (χ1n) is 10.9. The van der Waals surface area contributed by atoms with E-state index in [0.29, 0.717) is 22.0 Å². The number of benzene rings is 2. The third-order valence-electron chi connectivity index (χ3n) is 5.20. The molecule has 1 aliphatic rings. The highest BCUT2D eigenvalue weighted by Crippen LogP contribution is 2.29. The van der Waals surface area contributed by atoms with Crippen molar-refractivity contribution in [1.29, 1.82) is 0 Å². The lowest BCUT2D eigenvalue weighted by molar-refractivity contribution is 0.206. The Morgan fingerprint density at radius 1 is 0.969 bits per heavy atom. The van der Waals surface area contributed by atoms with Crippen LogP contribution in [0.15, 0.2) is 53.4 Å². The summed E-state index contributed by atoms with van der Waals surface area (Å²) in [7, 11) is -4.24. The van der Waals surface area contributed by atoms with Crippen LogP contribution in [0.25, 0.3) is 0 Å². The number of aryl methyl sites for hydroxylation is 1. The maximum atomic E-state index is 13.0. The van der Waals surface area contributed by atoms with Crippen molar-refractivity contribution < 1.29 is 18.3 Å². The predicted molar refractivity (Wildman–Crippen MR) is 132 cm³/mol. The Morgan fingerprint density at radius 2 is 1.47 bits per heavy atom. The monoisotopic (exact) mass is 482 g/mol. The molecule has 2 aromatic rings. The van der Waals surface area contributed by atoms with E-state index < -0.39 is 16.1 Å². The molecule has 0 atom stereocenters. The van der Waals surface area contributed by atoms with Gasteiger partial charge in [-0.25, -0.2) is 13.2 Å². The van der Waals surface area contributed by atoms with Gasteiger partial charge in [-0.05, 0) is 30.2 Å². The highest BCUT2D eigenvalue weighted by atomic mass is 35.5. The van der Waals surface area contributed by atoms with E-state index in [0.717, 1.165) is 0 Å². The predicted octanol–water partition coefficient (Wildman–Crippen LogP) is 6.13. The Balaban J connectivity index is 0.000000631. The molecule has 8 heteroatoms. The Hall–Kier alpha value is -2.09. The smallest absolute Gasteiger partial charge is 0.426 e. The number of rotatable bonds is 6. The fraction of sp³-hybridized carbons (Fsp3) is 0.458. The van der Waals surface area contributed by atoms with Crippen LogP contribution < -0.4 is 9.62 Å². The van der Waals surface area contributed by atoms with Crippen molar-refractivity contribution >= 4 is 34.2 Å². The van der Waals surface area contributed by atoms with Gasteiger partial charge in [0.05, 0.1) is 10.6 Å². The number of hydrogen-bond donors (Lipinski definition) is 2. The van der Waals surface area contributed by atoms with E-state index in [4.69, 9.17) is 0 Å². The van der Waals surface area contributed by atoms with E-state index in [9.17, 15) is 18.3 Å². The molecule has 0 spiro atoms. The molecular weight excluding hydrogens is 448 g/mol. The van der Waals surface area contributed by atoms with Crippen LogP contribution in [0.3, 0.4) is 0 Å². The lowest BCUT2D eigenvalue weighted by Crippen LogP contribution is -2.37. The molecule has 0 unspecified atom stereocenters. The van der Waals surface area contributed by atoms with Gasteiger partial charge in [-0.2, -0.15) is 4.31 Å². The van der Waals surface area contributed by atoms with Crippen LogP contribution in [-0.4, -0.2) is 25.7 Å². The van der Waals surface area contributed by atoms with Gasteiger partial charge in [-0.1, -0.05) is 88.8 Å². The third kappa shape index (κ3) is 7.80. The van der Waals surface area contributed by atoms with E-state index in [-0.39, 0.29) is 29.0 Å². The van der Waals surface area contributed by atoms with Gasteiger partial charge in [0.1, 0.15) is 0 Å². The maximum Gasteiger partial charge on any atom is 0.426 e. The first kappa shape index (κ1) is 27.9. The molecule has 2 aromatic carbocycles. The standard InChI is InChI=1S/C18H22N2O4S.C6H12.ClH/c1-13(2)19-12-15-9-5-6-10-16(15)20(18(21)22)25(23,24)17-11-7-4-8-14(17)3;1-2-4-6-5-3-1;/h4-11,13,19H,12H2,1-3H3,(H,21,22);1-6H2;1H. The van der Waals surface area contributed by atoms with Crippen molar-refractivity contribution in [2.75, 3.05) is 4.31 Å². The molecule has 0 heterocycles. The van der Waals surface area contributed by atoms with Crippen LogP contribution >= 0.6 is 12.4 Å². The van der Waals surface area contributed by atoms with Crippen molar-refractivity contribution in [2.24, 2.45) is 0 Å². The van der Waals surface area contributed by atoms with Crippen molar-refractivity contribution in [3.05, 3.63) is 59.7 Å². The summed E-state index contributed by atoms with van der Waals surface area (Å²) >= 11 is 0. The molecule has 1 amide bonds. The summed E-state index contributed by atoms with van der Waals surface area (Å²) in [6, 6.07) is 13.1. The van der Waals surface area contributed by atoms with E-state index in [1.165, 1.54) is 50.7 Å². The van der Waals surface area contributed by atoms with Gasteiger partial charge in [0.2, 0.25) is 0 Å². The zero-order valence-corrected chi connectivity index (χ0v) is 20.7. The van der Waals surface area contributed by atoms with Crippen molar-refractivity contribution in [3.8, 4) is 0 Å². The van der Waals surface area contributed by atoms with Crippen LogP contribution in [0.1, 0.15) is 63.5 Å². The van der Waals surface area contributed by atoms with E-state index in [1.807, 2.05) is 13.8 Å². The molecule has 1 saturated carbocycles. The lowest BCUT2D eigenvalue weighted by atomic mass is 10.0. The van der Waals surface area contributed by atoms with Crippen molar-refractivity contribution in [1.82, 2.24) is 5.32 Å². The molecule has 178 valence electrons. The summed E-state index contributed by atoms with van der Waals surface area (Å²) in [6.45, 7) is 5.92. The Bertz CT molecular complexity index is 948.